The maximum absolute atomic E-state index is 12.1. The molecule has 0 radical (unpaired) electrons. The number of esters is 1. The molecular formula is C25H33NO5Sn. The first-order valence-electron chi connectivity index (χ1n) is 11.5. The van der Waals surface area contributed by atoms with E-state index >= 15 is 0 Å². The Hall–Kier alpha value is -2.22. The summed E-state index contributed by atoms with van der Waals surface area (Å²) in [5.41, 5.74) is 1.91. The van der Waals surface area contributed by atoms with Crippen molar-refractivity contribution in [1.82, 2.24) is 0 Å². The van der Waals surface area contributed by atoms with Crippen LogP contribution in [0.4, 0.5) is 5.69 Å². The van der Waals surface area contributed by atoms with Gasteiger partial charge in [-0.25, -0.2) is 0 Å². The first kappa shape index (κ1) is 24.4. The summed E-state index contributed by atoms with van der Waals surface area (Å²) in [7, 11) is 1.38. The second-order valence-corrected chi connectivity index (χ2v) is 17.1. The molecule has 32 heavy (non-hydrogen) atoms. The Labute approximate surface area is 195 Å². The minimum absolute atomic E-state index is 0.398. The third-order valence-corrected chi connectivity index (χ3v) is 15.1. The molecule has 0 fully saturated rings. The summed E-state index contributed by atoms with van der Waals surface area (Å²) in [6.07, 6.45) is 6.00. The third kappa shape index (κ3) is 5.77. The van der Waals surface area contributed by atoms with E-state index in [-0.39, 0.29) is 0 Å². The number of carbonyl (C=O) groups excluding carboxylic acids is 1. The van der Waals surface area contributed by atoms with Gasteiger partial charge in [-0.3, -0.25) is 0 Å². The number of hydrogen-bond acceptors (Lipinski definition) is 6. The van der Waals surface area contributed by atoms with Crippen molar-refractivity contribution in [3.8, 4) is 17.2 Å². The number of hydrogen-bond donors (Lipinski definition) is 0. The van der Waals surface area contributed by atoms with Gasteiger partial charge in [0, 0.05) is 0 Å². The average molecular weight is 546 g/mol. The molecule has 0 N–H and O–H groups in total. The van der Waals surface area contributed by atoms with Gasteiger partial charge >= 0.3 is 196 Å². The maximum atomic E-state index is 12.1. The molecule has 1 aliphatic heterocycles. The van der Waals surface area contributed by atoms with E-state index in [1.165, 1.54) is 7.11 Å². The fourth-order valence-electron chi connectivity index (χ4n) is 3.73. The monoisotopic (exact) mass is 547 g/mol. The number of rotatable bonds is 9. The van der Waals surface area contributed by atoms with Crippen LogP contribution in [0.15, 0.2) is 41.4 Å². The Kier molecular flexibility index (Phi) is 8.84. The van der Waals surface area contributed by atoms with Crippen molar-refractivity contribution in [2.75, 3.05) is 13.7 Å². The van der Waals surface area contributed by atoms with E-state index in [1.54, 1.807) is 18.3 Å². The van der Waals surface area contributed by atoms with Gasteiger partial charge in [-0.15, -0.1) is 0 Å². The van der Waals surface area contributed by atoms with Gasteiger partial charge in [-0.1, -0.05) is 0 Å². The van der Waals surface area contributed by atoms with Crippen LogP contribution in [0.1, 0.15) is 62.4 Å². The Morgan fingerprint density at radius 1 is 1.03 bits per heavy atom. The van der Waals surface area contributed by atoms with Crippen molar-refractivity contribution in [3.63, 3.8) is 0 Å². The molecule has 0 amide bonds. The zero-order valence-corrected chi connectivity index (χ0v) is 22.3. The van der Waals surface area contributed by atoms with Gasteiger partial charge in [-0.05, 0) is 0 Å². The van der Waals surface area contributed by atoms with E-state index in [4.69, 9.17) is 20.6 Å². The van der Waals surface area contributed by atoms with Crippen molar-refractivity contribution in [3.05, 3.63) is 47.5 Å². The molecule has 0 atom stereocenters. The molecule has 0 bridgehead atoms. The zero-order valence-electron chi connectivity index (χ0n) is 19.5. The van der Waals surface area contributed by atoms with Crippen molar-refractivity contribution in [2.45, 2.75) is 55.3 Å². The molecule has 0 saturated heterocycles. The van der Waals surface area contributed by atoms with E-state index in [0.717, 1.165) is 51.6 Å². The molecule has 0 saturated carbocycles. The molecule has 2 aromatic rings. The Bertz CT molecular complexity index is 951. The van der Waals surface area contributed by atoms with Crippen LogP contribution < -0.4 is 10.9 Å². The van der Waals surface area contributed by atoms with Gasteiger partial charge < -0.3 is 0 Å². The van der Waals surface area contributed by atoms with E-state index in [0.29, 0.717) is 23.6 Å². The van der Waals surface area contributed by atoms with Crippen LogP contribution >= 0.6 is 0 Å². The summed E-state index contributed by atoms with van der Waals surface area (Å²) in [6.45, 7) is 6.89. The van der Waals surface area contributed by atoms with Crippen molar-refractivity contribution in [2.24, 2.45) is 4.99 Å². The van der Waals surface area contributed by atoms with Gasteiger partial charge in [0.05, 0.1) is 0 Å². The molecule has 0 spiro atoms. The molecule has 1 aliphatic rings. The number of carbonyl (C=O) groups is 1. The number of methoxy groups -OCH3 is 1. The standard InChI is InChI=1S/C17H17NO5.2C4H9.Sn/c1-3-23-15-6-4-5-12(16(15)20)10-18-13-9-11(17(21)22-2)7-8-14(13)19;2*1-3-4-2;/h4-10,19-20H,3H2,1-2H3;2*1,3-4H2,2H3;/q;;;+2/p-2. The van der Waals surface area contributed by atoms with Crippen LogP contribution in [0.2, 0.25) is 8.87 Å². The molecule has 1 heterocycles. The van der Waals surface area contributed by atoms with Crippen LogP contribution in [-0.2, 0) is 4.74 Å². The summed E-state index contributed by atoms with van der Waals surface area (Å²) in [6, 6.07) is 11.1. The Balaban J connectivity index is 2.18. The first-order chi connectivity index (χ1) is 15.6. The molecule has 3 rings (SSSR count). The second-order valence-electron chi connectivity index (χ2n) is 7.86. The second kappa shape index (κ2) is 11.6. The predicted octanol–water partition coefficient (Wildman–Crippen LogP) is 6.44. The summed E-state index contributed by atoms with van der Waals surface area (Å²) in [4.78, 5) is 16.8. The van der Waals surface area contributed by atoms with Gasteiger partial charge in [0.25, 0.3) is 0 Å². The molecular weight excluding hydrogens is 513 g/mol. The minimum atomic E-state index is -3.68. The number of nitrogens with zero attached hydrogens (tertiary/aromatic N) is 1. The van der Waals surface area contributed by atoms with Crippen LogP contribution in [0.3, 0.4) is 0 Å². The number of para-hydroxylation sites is 1. The normalized spacial score (nSPS) is 14.0. The van der Waals surface area contributed by atoms with Crippen molar-refractivity contribution in [1.29, 1.82) is 0 Å². The van der Waals surface area contributed by atoms with Gasteiger partial charge in [0.1, 0.15) is 0 Å². The summed E-state index contributed by atoms with van der Waals surface area (Å²) in [5.74, 6) is 1.71. The van der Waals surface area contributed by atoms with Crippen LogP contribution in [0.5, 0.6) is 17.2 Å². The van der Waals surface area contributed by atoms with E-state index in [9.17, 15) is 4.79 Å². The van der Waals surface area contributed by atoms with Gasteiger partial charge in [-0.2, -0.15) is 0 Å². The first-order valence-corrected chi connectivity index (χ1v) is 17.8. The number of aliphatic imine (C=N–C) groups is 1. The van der Waals surface area contributed by atoms with Gasteiger partial charge in [0.2, 0.25) is 0 Å². The molecule has 0 aromatic heterocycles. The van der Waals surface area contributed by atoms with Crippen molar-refractivity contribution < 1.29 is 20.4 Å². The number of ether oxygens (including phenoxy) is 2. The van der Waals surface area contributed by atoms with Crippen LogP contribution in [0, 0.1) is 0 Å². The molecule has 0 unspecified atom stereocenters. The summed E-state index contributed by atoms with van der Waals surface area (Å²) < 4.78 is 26.4. The SMILES string of the molecule is CCC[CH2][Sn]1([CH2]CCC)[O]c2ccc(C(=O)OC)cc2N=Cc2cccc(OCC)c2[O]1. The molecule has 6 nitrogen and oxygen atoms in total. The van der Waals surface area contributed by atoms with E-state index < -0.39 is 25.2 Å². The molecule has 172 valence electrons. The average Bonchev–Trinajstić information content (AvgIpc) is 2.88. The van der Waals surface area contributed by atoms with Crippen molar-refractivity contribution >= 4 is 37.1 Å². The topological polar surface area (TPSA) is 66.4 Å². The summed E-state index contributed by atoms with van der Waals surface area (Å²) >= 11 is -3.68. The summed E-state index contributed by atoms with van der Waals surface area (Å²) in [5, 5.41) is 0. The quantitative estimate of drug-likeness (QED) is 0.268. The molecule has 2 aromatic carbocycles. The van der Waals surface area contributed by atoms with E-state index in [2.05, 4.69) is 13.8 Å². The van der Waals surface area contributed by atoms with Crippen LogP contribution in [-0.4, -0.2) is 45.1 Å². The Morgan fingerprint density at radius 3 is 2.44 bits per heavy atom. The fraction of sp³-hybridized carbons (Fsp3) is 0.440. The number of unbranched alkanes of at least 4 members (excludes halogenated alkanes) is 2. The van der Waals surface area contributed by atoms with E-state index in [1.807, 2.05) is 31.2 Å². The number of benzene rings is 2. The number of fused-ring (bicyclic) bond motifs is 2. The molecule has 0 aliphatic carbocycles. The third-order valence-electron chi connectivity index (χ3n) is 5.44. The fourth-order valence-corrected chi connectivity index (χ4v) is 14.1. The predicted molar refractivity (Wildman–Crippen MR) is 129 cm³/mol. The van der Waals surface area contributed by atoms with Gasteiger partial charge in [0.15, 0.2) is 0 Å². The zero-order chi connectivity index (χ0) is 23.0. The molecule has 7 heteroatoms. The van der Waals surface area contributed by atoms with Crippen LogP contribution in [0.25, 0.3) is 0 Å². The Morgan fingerprint density at radius 2 is 1.78 bits per heavy atom.